The molecule has 0 radical (unpaired) electrons. The average molecular weight is 468 g/mol. The molecule has 0 bridgehead atoms. The fourth-order valence-electron chi connectivity index (χ4n) is 3.50. The standard InChI is InChI=1S/C21H25NO7S2/c23-18(19-5-3-15-30-19)4-1-2-12-29-16-6-8-17(9-7-16)31(26,27)21(20(24)22-25)10-13-28-14-11-21/h3,5-9,15,25H,1-2,4,10-14H2,(H,22,24). The summed E-state index contributed by atoms with van der Waals surface area (Å²) in [5.74, 6) is -0.331. The van der Waals surface area contributed by atoms with Crippen LogP contribution in [0, 0.1) is 0 Å². The lowest BCUT2D eigenvalue weighted by atomic mass is 9.98. The van der Waals surface area contributed by atoms with E-state index in [2.05, 4.69) is 0 Å². The zero-order valence-electron chi connectivity index (χ0n) is 16.9. The minimum Gasteiger partial charge on any atom is -0.494 e. The molecule has 0 spiro atoms. The van der Waals surface area contributed by atoms with Gasteiger partial charge in [-0.25, -0.2) is 13.9 Å². The van der Waals surface area contributed by atoms with E-state index in [9.17, 15) is 18.0 Å². The Labute approximate surface area is 185 Å². The number of amides is 1. The highest BCUT2D eigenvalue weighted by Gasteiger charge is 2.52. The van der Waals surface area contributed by atoms with Crippen LogP contribution in [0.25, 0.3) is 0 Å². The summed E-state index contributed by atoms with van der Waals surface area (Å²) >= 11 is 1.43. The van der Waals surface area contributed by atoms with Gasteiger partial charge in [-0.15, -0.1) is 11.3 Å². The predicted molar refractivity (Wildman–Crippen MR) is 114 cm³/mol. The first-order chi connectivity index (χ1) is 14.9. The second-order valence-electron chi connectivity index (χ2n) is 7.23. The fourth-order valence-corrected chi connectivity index (χ4v) is 6.13. The van der Waals surface area contributed by atoms with Crippen LogP contribution in [-0.2, 0) is 19.4 Å². The molecule has 2 aromatic rings. The van der Waals surface area contributed by atoms with Crippen LogP contribution in [0.15, 0.2) is 46.7 Å². The smallest absolute Gasteiger partial charge is 0.265 e. The number of nitrogens with one attached hydrogen (secondary N) is 1. The highest BCUT2D eigenvalue weighted by Crippen LogP contribution is 2.35. The van der Waals surface area contributed by atoms with E-state index in [4.69, 9.17) is 14.7 Å². The Morgan fingerprint density at radius 3 is 2.45 bits per heavy atom. The quantitative estimate of drug-likeness (QED) is 0.239. The highest BCUT2D eigenvalue weighted by molar-refractivity contribution is 7.93. The number of thiophene rings is 1. The van der Waals surface area contributed by atoms with Crippen molar-refractivity contribution in [2.75, 3.05) is 19.8 Å². The molecule has 168 valence electrons. The van der Waals surface area contributed by atoms with Crippen LogP contribution in [0.3, 0.4) is 0 Å². The molecular weight excluding hydrogens is 442 g/mol. The maximum Gasteiger partial charge on any atom is 0.265 e. The van der Waals surface area contributed by atoms with Gasteiger partial charge in [0.25, 0.3) is 5.91 Å². The molecule has 1 saturated heterocycles. The zero-order chi connectivity index (χ0) is 22.3. The Kier molecular flexibility index (Phi) is 7.82. The number of hydroxylamine groups is 1. The predicted octanol–water partition coefficient (Wildman–Crippen LogP) is 3.01. The lowest BCUT2D eigenvalue weighted by molar-refractivity contribution is -0.134. The van der Waals surface area contributed by atoms with Crippen molar-refractivity contribution in [1.82, 2.24) is 5.48 Å². The van der Waals surface area contributed by atoms with Crippen molar-refractivity contribution in [2.24, 2.45) is 0 Å². The van der Waals surface area contributed by atoms with Gasteiger partial charge in [-0.05, 0) is 61.4 Å². The molecule has 1 aliphatic rings. The van der Waals surface area contributed by atoms with E-state index in [-0.39, 0.29) is 36.7 Å². The van der Waals surface area contributed by atoms with Crippen molar-refractivity contribution in [1.29, 1.82) is 0 Å². The summed E-state index contributed by atoms with van der Waals surface area (Å²) in [6.45, 7) is 0.629. The Morgan fingerprint density at radius 2 is 1.84 bits per heavy atom. The van der Waals surface area contributed by atoms with Crippen molar-refractivity contribution in [3.63, 3.8) is 0 Å². The van der Waals surface area contributed by atoms with Gasteiger partial charge in [0.15, 0.2) is 20.4 Å². The molecule has 0 unspecified atom stereocenters. The van der Waals surface area contributed by atoms with Gasteiger partial charge in [0.2, 0.25) is 0 Å². The third-order valence-corrected chi connectivity index (χ3v) is 8.75. The Balaban J connectivity index is 1.56. The number of sulfone groups is 1. The van der Waals surface area contributed by atoms with E-state index >= 15 is 0 Å². The van der Waals surface area contributed by atoms with Crippen LogP contribution in [0.5, 0.6) is 5.75 Å². The molecule has 0 atom stereocenters. The first kappa shape index (κ1) is 23.4. The molecule has 0 aliphatic carbocycles. The van der Waals surface area contributed by atoms with Crippen molar-refractivity contribution in [3.8, 4) is 5.75 Å². The topological polar surface area (TPSA) is 119 Å². The summed E-state index contributed by atoms with van der Waals surface area (Å²) in [6.07, 6.45) is 1.77. The summed E-state index contributed by atoms with van der Waals surface area (Å²) in [5, 5.41) is 11.0. The van der Waals surface area contributed by atoms with Crippen LogP contribution < -0.4 is 10.2 Å². The molecule has 1 aromatic carbocycles. The SMILES string of the molecule is O=C(CCCCOc1ccc(S(=O)(=O)C2(C(=O)NO)CCOCC2)cc1)c1cccs1. The number of unbranched alkanes of at least 4 members (excludes halogenated alkanes) is 1. The Hall–Kier alpha value is -2.27. The molecule has 1 fully saturated rings. The monoisotopic (exact) mass is 467 g/mol. The molecule has 1 aliphatic heterocycles. The van der Waals surface area contributed by atoms with E-state index in [1.807, 2.05) is 17.5 Å². The first-order valence-corrected chi connectivity index (χ1v) is 12.3. The normalized spacial score (nSPS) is 15.9. The van der Waals surface area contributed by atoms with Gasteiger partial charge in [-0.2, -0.15) is 0 Å². The van der Waals surface area contributed by atoms with E-state index in [0.717, 1.165) is 4.88 Å². The molecule has 3 rings (SSSR count). The van der Waals surface area contributed by atoms with Gasteiger partial charge >= 0.3 is 0 Å². The summed E-state index contributed by atoms with van der Waals surface area (Å²) in [6, 6.07) is 9.53. The number of hydrogen-bond donors (Lipinski definition) is 2. The molecular formula is C21H25NO7S2. The molecule has 1 aromatic heterocycles. The van der Waals surface area contributed by atoms with Gasteiger partial charge in [0.05, 0.1) is 16.4 Å². The third-order valence-electron chi connectivity index (χ3n) is 5.33. The second kappa shape index (κ2) is 10.4. The Morgan fingerprint density at radius 1 is 1.13 bits per heavy atom. The summed E-state index contributed by atoms with van der Waals surface area (Å²) in [4.78, 5) is 25.0. The van der Waals surface area contributed by atoms with Crippen molar-refractivity contribution < 1.29 is 32.7 Å². The molecule has 31 heavy (non-hydrogen) atoms. The zero-order valence-corrected chi connectivity index (χ0v) is 18.5. The van der Waals surface area contributed by atoms with E-state index in [1.165, 1.54) is 41.1 Å². The molecule has 2 N–H and O–H groups in total. The van der Waals surface area contributed by atoms with Gasteiger partial charge in [-0.3, -0.25) is 14.8 Å². The molecule has 2 heterocycles. The van der Waals surface area contributed by atoms with Crippen LogP contribution in [0.1, 0.15) is 41.8 Å². The van der Waals surface area contributed by atoms with Crippen LogP contribution in [0.4, 0.5) is 0 Å². The summed E-state index contributed by atoms with van der Waals surface area (Å²) in [5.41, 5.74) is 1.50. The number of hydrogen-bond acceptors (Lipinski definition) is 8. The molecule has 10 heteroatoms. The maximum atomic E-state index is 13.2. The summed E-state index contributed by atoms with van der Waals surface area (Å²) < 4.78 is 35.4. The van der Waals surface area contributed by atoms with Gasteiger partial charge < -0.3 is 9.47 Å². The largest absolute Gasteiger partial charge is 0.494 e. The molecule has 8 nitrogen and oxygen atoms in total. The minimum atomic E-state index is -4.06. The van der Waals surface area contributed by atoms with Crippen LogP contribution >= 0.6 is 11.3 Å². The first-order valence-electron chi connectivity index (χ1n) is 9.97. The van der Waals surface area contributed by atoms with E-state index < -0.39 is 20.5 Å². The third kappa shape index (κ3) is 5.15. The molecule has 0 saturated carbocycles. The maximum absolute atomic E-state index is 13.2. The minimum absolute atomic E-state index is 0.0214. The van der Waals surface area contributed by atoms with Gasteiger partial charge in [-0.1, -0.05) is 6.07 Å². The number of carbonyl (C=O) groups excluding carboxylic acids is 2. The summed E-state index contributed by atoms with van der Waals surface area (Å²) in [7, 11) is -4.06. The number of carbonyl (C=O) groups is 2. The fraction of sp³-hybridized carbons (Fsp3) is 0.429. The van der Waals surface area contributed by atoms with Crippen molar-refractivity contribution >= 4 is 32.9 Å². The number of benzene rings is 1. The number of rotatable bonds is 10. The van der Waals surface area contributed by atoms with Crippen LogP contribution in [-0.4, -0.2) is 49.9 Å². The second-order valence-corrected chi connectivity index (χ2v) is 10.4. The number of ether oxygens (including phenoxy) is 2. The lowest BCUT2D eigenvalue weighted by Crippen LogP contribution is -2.54. The highest BCUT2D eigenvalue weighted by atomic mass is 32.2. The lowest BCUT2D eigenvalue weighted by Gasteiger charge is -2.34. The average Bonchev–Trinajstić information content (AvgIpc) is 3.34. The van der Waals surface area contributed by atoms with Crippen molar-refractivity contribution in [3.05, 3.63) is 46.7 Å². The van der Waals surface area contributed by atoms with Crippen LogP contribution in [0.2, 0.25) is 0 Å². The molecule has 1 amide bonds. The number of ketones is 1. The Bertz CT molecular complexity index is 979. The van der Waals surface area contributed by atoms with Crippen molar-refractivity contribution in [2.45, 2.75) is 41.7 Å². The van der Waals surface area contributed by atoms with E-state index in [1.54, 1.807) is 0 Å². The van der Waals surface area contributed by atoms with Gasteiger partial charge in [0, 0.05) is 19.6 Å². The number of Topliss-reactive ketones (excluding diaryl/α,β-unsaturated/α-hetero) is 1. The van der Waals surface area contributed by atoms with E-state index in [0.29, 0.717) is 31.6 Å². The van der Waals surface area contributed by atoms with Gasteiger partial charge in [0.1, 0.15) is 5.75 Å².